The Morgan fingerprint density at radius 1 is 1.09 bits per heavy atom. The number of likely N-dealkylation sites (N-methyl/N-ethyl adjacent to an activating group) is 1. The van der Waals surface area contributed by atoms with Crippen LogP contribution in [0.4, 0.5) is 0 Å². The van der Waals surface area contributed by atoms with Crippen LogP contribution in [0.5, 0.6) is 5.75 Å². The van der Waals surface area contributed by atoms with Gasteiger partial charge in [0.25, 0.3) is 0 Å². The molecule has 0 aromatic heterocycles. The molecule has 1 saturated heterocycles. The first-order valence-corrected chi connectivity index (χ1v) is 8.53. The molecule has 2 aromatic rings. The van der Waals surface area contributed by atoms with Gasteiger partial charge in [-0.05, 0) is 36.9 Å². The van der Waals surface area contributed by atoms with Crippen LogP contribution in [-0.2, 0) is 0 Å². The van der Waals surface area contributed by atoms with Crippen molar-refractivity contribution in [2.45, 2.75) is 11.8 Å². The molecule has 2 nitrogen and oxygen atoms in total. The van der Waals surface area contributed by atoms with Crippen molar-refractivity contribution < 1.29 is 4.74 Å². The Balaban J connectivity index is 2.05. The van der Waals surface area contributed by atoms with Gasteiger partial charge in [0, 0.05) is 40.0 Å². The number of ether oxygens (including phenoxy) is 1. The molecule has 1 fully saturated rings. The second-order valence-corrected chi connectivity index (χ2v) is 7.13. The van der Waals surface area contributed by atoms with Crippen LogP contribution in [0.25, 0.3) is 0 Å². The Morgan fingerprint density at radius 2 is 1.77 bits per heavy atom. The number of likely N-dealkylation sites (tertiary alicyclic amines) is 1. The zero-order chi connectivity index (χ0) is 15.7. The second-order valence-electron chi connectivity index (χ2n) is 5.84. The monoisotopic (exact) mass is 379 g/mol. The minimum absolute atomic E-state index is 0.373. The average molecular weight is 381 g/mol. The first kappa shape index (κ1) is 15.9. The number of hydrogen-bond acceptors (Lipinski definition) is 2. The van der Waals surface area contributed by atoms with Gasteiger partial charge in [0.05, 0.1) is 7.11 Å². The summed E-state index contributed by atoms with van der Waals surface area (Å²) in [5.41, 5.74) is 2.54. The van der Waals surface area contributed by atoms with Crippen LogP contribution in [0.2, 0.25) is 5.02 Å². The quantitative estimate of drug-likeness (QED) is 0.749. The number of rotatable bonds is 3. The molecule has 0 radical (unpaired) electrons. The molecule has 1 heterocycles. The molecule has 0 amide bonds. The number of nitrogens with zero attached hydrogens (tertiary/aromatic N) is 1. The minimum Gasteiger partial charge on any atom is -0.496 e. The van der Waals surface area contributed by atoms with Crippen molar-refractivity contribution in [3.8, 4) is 5.75 Å². The maximum absolute atomic E-state index is 6.24. The predicted octanol–water partition coefficient (Wildman–Crippen LogP) is 4.92. The zero-order valence-corrected chi connectivity index (χ0v) is 15.1. The van der Waals surface area contributed by atoms with Crippen LogP contribution in [0.15, 0.2) is 46.9 Å². The fraction of sp³-hybridized carbons (Fsp3) is 0.333. The molecule has 2 atom stereocenters. The van der Waals surface area contributed by atoms with E-state index in [1.54, 1.807) is 7.11 Å². The maximum Gasteiger partial charge on any atom is 0.122 e. The van der Waals surface area contributed by atoms with Crippen molar-refractivity contribution in [2.75, 3.05) is 27.2 Å². The molecule has 0 N–H and O–H groups in total. The SMILES string of the molecule is COc1ccc(Cl)cc1[C@H]1CN(C)C[C@@H]1c1ccccc1Br. The highest BCUT2D eigenvalue weighted by molar-refractivity contribution is 9.10. The molecule has 0 saturated carbocycles. The van der Waals surface area contributed by atoms with Gasteiger partial charge in [-0.3, -0.25) is 0 Å². The van der Waals surface area contributed by atoms with E-state index < -0.39 is 0 Å². The van der Waals surface area contributed by atoms with E-state index >= 15 is 0 Å². The predicted molar refractivity (Wildman–Crippen MR) is 95.1 cm³/mol. The summed E-state index contributed by atoms with van der Waals surface area (Å²) in [6.45, 7) is 2.03. The van der Waals surface area contributed by atoms with Crippen LogP contribution in [0.3, 0.4) is 0 Å². The Morgan fingerprint density at radius 3 is 2.45 bits per heavy atom. The summed E-state index contributed by atoms with van der Waals surface area (Å²) in [6, 6.07) is 14.4. The third-order valence-electron chi connectivity index (χ3n) is 4.40. The van der Waals surface area contributed by atoms with E-state index in [0.29, 0.717) is 11.8 Å². The van der Waals surface area contributed by atoms with Crippen LogP contribution < -0.4 is 4.74 Å². The third kappa shape index (κ3) is 3.03. The lowest BCUT2D eigenvalue weighted by molar-refractivity contribution is 0.395. The Labute approximate surface area is 145 Å². The Bertz CT molecular complexity index is 676. The number of halogens is 2. The lowest BCUT2D eigenvalue weighted by Gasteiger charge is -2.22. The van der Waals surface area contributed by atoms with Crippen molar-refractivity contribution in [1.82, 2.24) is 4.90 Å². The van der Waals surface area contributed by atoms with Crippen LogP contribution in [-0.4, -0.2) is 32.1 Å². The van der Waals surface area contributed by atoms with Crippen LogP contribution in [0.1, 0.15) is 23.0 Å². The summed E-state index contributed by atoms with van der Waals surface area (Å²) in [7, 11) is 3.89. The van der Waals surface area contributed by atoms with Gasteiger partial charge >= 0.3 is 0 Å². The molecule has 1 aliphatic rings. The fourth-order valence-corrected chi connectivity index (χ4v) is 4.16. The zero-order valence-electron chi connectivity index (χ0n) is 12.7. The van der Waals surface area contributed by atoms with E-state index in [1.807, 2.05) is 18.2 Å². The standard InChI is InChI=1S/C18H19BrClNO/c1-21-10-15(13-5-3-4-6-17(13)19)16(11-21)14-9-12(20)7-8-18(14)22-2/h3-9,15-16H,10-11H2,1-2H3/t15-,16-/m1/s1. The van der Waals surface area contributed by atoms with Gasteiger partial charge < -0.3 is 9.64 Å². The molecule has 22 heavy (non-hydrogen) atoms. The topological polar surface area (TPSA) is 12.5 Å². The molecular formula is C18H19BrClNO. The van der Waals surface area contributed by atoms with E-state index in [0.717, 1.165) is 23.9 Å². The molecule has 0 unspecified atom stereocenters. The molecule has 3 rings (SSSR count). The van der Waals surface area contributed by atoms with E-state index in [1.165, 1.54) is 15.6 Å². The molecule has 2 aromatic carbocycles. The maximum atomic E-state index is 6.24. The number of methoxy groups -OCH3 is 1. The molecule has 1 aliphatic heterocycles. The Kier molecular flexibility index (Phi) is 4.76. The molecule has 116 valence electrons. The smallest absolute Gasteiger partial charge is 0.122 e. The number of hydrogen-bond donors (Lipinski definition) is 0. The van der Waals surface area contributed by atoms with Gasteiger partial charge in [0.1, 0.15) is 5.75 Å². The lowest BCUT2D eigenvalue weighted by atomic mass is 9.83. The Hall–Kier alpha value is -1.03. The highest BCUT2D eigenvalue weighted by atomic mass is 79.9. The largest absolute Gasteiger partial charge is 0.496 e. The van der Waals surface area contributed by atoms with Crippen molar-refractivity contribution in [3.05, 3.63) is 63.1 Å². The minimum atomic E-state index is 0.373. The van der Waals surface area contributed by atoms with Gasteiger partial charge in [-0.25, -0.2) is 0 Å². The van der Waals surface area contributed by atoms with Gasteiger partial charge in [-0.2, -0.15) is 0 Å². The van der Waals surface area contributed by atoms with Gasteiger partial charge in [-0.15, -0.1) is 0 Å². The van der Waals surface area contributed by atoms with Crippen molar-refractivity contribution >= 4 is 27.5 Å². The highest BCUT2D eigenvalue weighted by Gasteiger charge is 2.35. The van der Waals surface area contributed by atoms with Crippen molar-refractivity contribution in [3.63, 3.8) is 0 Å². The number of benzene rings is 2. The molecular weight excluding hydrogens is 362 g/mol. The van der Waals surface area contributed by atoms with E-state index in [9.17, 15) is 0 Å². The van der Waals surface area contributed by atoms with Crippen LogP contribution in [0, 0.1) is 0 Å². The van der Waals surface area contributed by atoms with Gasteiger partial charge in [-0.1, -0.05) is 45.7 Å². The summed E-state index contributed by atoms with van der Waals surface area (Å²) in [6.07, 6.45) is 0. The summed E-state index contributed by atoms with van der Waals surface area (Å²) in [4.78, 5) is 2.37. The molecule has 0 bridgehead atoms. The second kappa shape index (κ2) is 6.61. The van der Waals surface area contributed by atoms with E-state index in [2.05, 4.69) is 52.1 Å². The third-order valence-corrected chi connectivity index (χ3v) is 5.36. The highest BCUT2D eigenvalue weighted by Crippen LogP contribution is 2.44. The first-order valence-electron chi connectivity index (χ1n) is 7.36. The van der Waals surface area contributed by atoms with E-state index in [4.69, 9.17) is 16.3 Å². The summed E-state index contributed by atoms with van der Waals surface area (Å²) in [5.74, 6) is 1.71. The van der Waals surface area contributed by atoms with Crippen molar-refractivity contribution in [1.29, 1.82) is 0 Å². The van der Waals surface area contributed by atoms with Crippen LogP contribution >= 0.6 is 27.5 Å². The molecule has 0 spiro atoms. The van der Waals surface area contributed by atoms with Gasteiger partial charge in [0.2, 0.25) is 0 Å². The lowest BCUT2D eigenvalue weighted by Crippen LogP contribution is -2.13. The summed E-state index contributed by atoms with van der Waals surface area (Å²) in [5, 5.41) is 0.760. The first-order chi connectivity index (χ1) is 10.6. The fourth-order valence-electron chi connectivity index (χ4n) is 3.40. The summed E-state index contributed by atoms with van der Waals surface area (Å²) >= 11 is 9.94. The average Bonchev–Trinajstić information content (AvgIpc) is 2.89. The van der Waals surface area contributed by atoms with E-state index in [-0.39, 0.29) is 0 Å². The van der Waals surface area contributed by atoms with Gasteiger partial charge in [0.15, 0.2) is 0 Å². The molecule has 0 aliphatic carbocycles. The summed E-state index contributed by atoms with van der Waals surface area (Å²) < 4.78 is 6.74. The molecule has 4 heteroatoms. The van der Waals surface area contributed by atoms with Crippen molar-refractivity contribution in [2.24, 2.45) is 0 Å². The normalized spacial score (nSPS) is 22.0.